The van der Waals surface area contributed by atoms with Crippen molar-refractivity contribution in [2.75, 3.05) is 11.9 Å². The van der Waals surface area contributed by atoms with Gasteiger partial charge in [0.2, 0.25) is 0 Å². The molecular formula is C6H10Br2O2. The van der Waals surface area contributed by atoms with E-state index < -0.39 is 0 Å². The third-order valence-corrected chi connectivity index (χ3v) is 3.05. The largest absolute Gasteiger partial charge is 0.465 e. The molecular weight excluding hydrogens is 264 g/mol. The Labute approximate surface area is 77.6 Å². The summed E-state index contributed by atoms with van der Waals surface area (Å²) >= 11 is 6.31. The molecule has 0 saturated heterocycles. The van der Waals surface area contributed by atoms with Crippen molar-refractivity contribution in [1.82, 2.24) is 0 Å². The highest BCUT2D eigenvalue weighted by atomic mass is 79.9. The summed E-state index contributed by atoms with van der Waals surface area (Å²) in [6, 6.07) is 0. The lowest BCUT2D eigenvalue weighted by molar-refractivity contribution is -0.142. The zero-order chi connectivity index (χ0) is 7.98. The fourth-order valence-corrected chi connectivity index (χ4v) is 0.753. The van der Waals surface area contributed by atoms with Gasteiger partial charge in [-0.3, -0.25) is 4.79 Å². The summed E-state index contributed by atoms with van der Waals surface area (Å²) in [4.78, 5) is 10.6. The highest BCUT2D eigenvalue weighted by molar-refractivity contribution is 9.12. The van der Waals surface area contributed by atoms with Crippen LogP contribution in [0.2, 0.25) is 0 Å². The Morgan fingerprint density at radius 1 is 1.70 bits per heavy atom. The van der Waals surface area contributed by atoms with E-state index in [0.717, 1.165) is 6.42 Å². The summed E-state index contributed by atoms with van der Waals surface area (Å²) in [5.74, 6) is -0.196. The smallest absolute Gasteiger partial charge is 0.320 e. The van der Waals surface area contributed by atoms with Crippen molar-refractivity contribution < 1.29 is 9.53 Å². The number of rotatable bonds is 4. The lowest BCUT2D eigenvalue weighted by Gasteiger charge is -2.04. The molecule has 10 heavy (non-hydrogen) atoms. The average molecular weight is 274 g/mol. The maximum absolute atomic E-state index is 10.8. The van der Waals surface area contributed by atoms with E-state index in [1.165, 1.54) is 0 Å². The summed E-state index contributed by atoms with van der Waals surface area (Å²) in [6.45, 7) is 2.47. The third kappa shape index (κ3) is 4.28. The van der Waals surface area contributed by atoms with Gasteiger partial charge in [-0.15, -0.1) is 0 Å². The van der Waals surface area contributed by atoms with E-state index in [9.17, 15) is 4.79 Å². The first-order chi connectivity index (χ1) is 4.72. The van der Waals surface area contributed by atoms with Gasteiger partial charge >= 0.3 is 5.97 Å². The number of hydrogen-bond donors (Lipinski definition) is 0. The number of ether oxygens (including phenoxy) is 1. The molecule has 1 unspecified atom stereocenters. The minimum atomic E-state index is -0.209. The third-order valence-electron chi connectivity index (χ3n) is 0.840. The molecule has 0 aromatic carbocycles. The summed E-state index contributed by atoms with van der Waals surface area (Å²) in [6.07, 6.45) is 0.869. The number of alkyl halides is 2. The number of hydrogen-bond acceptors (Lipinski definition) is 2. The summed E-state index contributed by atoms with van der Waals surface area (Å²) in [5.41, 5.74) is 0. The van der Waals surface area contributed by atoms with Crippen LogP contribution in [0.4, 0.5) is 0 Å². The predicted molar refractivity (Wildman–Crippen MR) is 47.8 cm³/mol. The van der Waals surface area contributed by atoms with E-state index in [-0.39, 0.29) is 10.8 Å². The van der Waals surface area contributed by atoms with Gasteiger partial charge in [-0.25, -0.2) is 0 Å². The van der Waals surface area contributed by atoms with E-state index in [4.69, 9.17) is 4.74 Å². The van der Waals surface area contributed by atoms with Crippen LogP contribution < -0.4 is 0 Å². The predicted octanol–water partition coefficient (Wildman–Crippen LogP) is 2.10. The van der Waals surface area contributed by atoms with Crippen molar-refractivity contribution in [2.45, 2.75) is 18.2 Å². The van der Waals surface area contributed by atoms with Crippen LogP contribution in [-0.4, -0.2) is 22.7 Å². The summed E-state index contributed by atoms with van der Waals surface area (Å²) in [5, 5.41) is 0.593. The standard InChI is InChI=1S/C6H10Br2O2/c1-2-3-10-6(9)5(8)4-7/h5H,2-4H2,1H3. The fourth-order valence-electron chi connectivity index (χ4n) is 0.356. The van der Waals surface area contributed by atoms with Crippen molar-refractivity contribution >= 4 is 37.8 Å². The SMILES string of the molecule is CCCOC(=O)C(Br)CBr. The Morgan fingerprint density at radius 3 is 2.70 bits per heavy atom. The van der Waals surface area contributed by atoms with E-state index in [2.05, 4.69) is 31.9 Å². The van der Waals surface area contributed by atoms with Crippen molar-refractivity contribution in [3.63, 3.8) is 0 Å². The molecule has 0 N–H and O–H groups in total. The Morgan fingerprint density at radius 2 is 2.30 bits per heavy atom. The van der Waals surface area contributed by atoms with E-state index in [1.807, 2.05) is 6.92 Å². The Bertz CT molecular complexity index is 106. The molecule has 2 nitrogen and oxygen atoms in total. The lowest BCUT2D eigenvalue weighted by atomic mass is 10.5. The molecule has 0 aromatic heterocycles. The van der Waals surface area contributed by atoms with Gasteiger partial charge in [0, 0.05) is 5.33 Å². The van der Waals surface area contributed by atoms with E-state index in [0.29, 0.717) is 11.9 Å². The van der Waals surface area contributed by atoms with Crippen molar-refractivity contribution in [3.8, 4) is 0 Å². The summed E-state index contributed by atoms with van der Waals surface area (Å²) < 4.78 is 4.83. The molecule has 1 atom stereocenters. The molecule has 0 spiro atoms. The molecule has 0 bridgehead atoms. The monoisotopic (exact) mass is 272 g/mol. The van der Waals surface area contributed by atoms with Crippen LogP contribution in [0.1, 0.15) is 13.3 Å². The average Bonchev–Trinajstić information content (AvgIpc) is 1.98. The number of halogens is 2. The number of carbonyl (C=O) groups is 1. The van der Waals surface area contributed by atoms with Gasteiger partial charge in [0.25, 0.3) is 0 Å². The molecule has 0 radical (unpaired) electrons. The molecule has 0 rings (SSSR count). The van der Waals surface area contributed by atoms with Crippen LogP contribution in [0, 0.1) is 0 Å². The molecule has 0 aliphatic heterocycles. The molecule has 4 heteroatoms. The minimum Gasteiger partial charge on any atom is -0.465 e. The van der Waals surface area contributed by atoms with E-state index in [1.54, 1.807) is 0 Å². The minimum absolute atomic E-state index is 0.196. The topological polar surface area (TPSA) is 26.3 Å². The maximum atomic E-state index is 10.8. The van der Waals surface area contributed by atoms with Gasteiger partial charge in [-0.2, -0.15) is 0 Å². The van der Waals surface area contributed by atoms with Gasteiger partial charge in [-0.1, -0.05) is 38.8 Å². The zero-order valence-corrected chi connectivity index (χ0v) is 8.94. The molecule has 0 aromatic rings. The Kier molecular flexibility index (Phi) is 6.43. The second-order valence-corrected chi connectivity index (χ2v) is 3.54. The second kappa shape index (κ2) is 6.16. The van der Waals surface area contributed by atoms with Gasteiger partial charge in [-0.05, 0) is 6.42 Å². The summed E-state index contributed by atoms with van der Waals surface area (Å²) in [7, 11) is 0. The quantitative estimate of drug-likeness (QED) is 0.579. The Balaban J connectivity index is 3.42. The molecule has 0 aliphatic rings. The number of esters is 1. The van der Waals surface area contributed by atoms with Gasteiger partial charge in [0.05, 0.1) is 6.61 Å². The Hall–Kier alpha value is 0.430. The van der Waals surface area contributed by atoms with Crippen molar-refractivity contribution in [1.29, 1.82) is 0 Å². The second-order valence-electron chi connectivity index (χ2n) is 1.79. The van der Waals surface area contributed by atoms with Crippen LogP contribution in [0.5, 0.6) is 0 Å². The molecule has 0 fully saturated rings. The fraction of sp³-hybridized carbons (Fsp3) is 0.833. The van der Waals surface area contributed by atoms with Gasteiger partial charge < -0.3 is 4.74 Å². The first-order valence-electron chi connectivity index (χ1n) is 3.09. The van der Waals surface area contributed by atoms with Gasteiger partial charge in [0.1, 0.15) is 4.83 Å². The normalized spacial score (nSPS) is 12.7. The first kappa shape index (κ1) is 10.4. The molecule has 0 amide bonds. The first-order valence-corrected chi connectivity index (χ1v) is 5.12. The molecule has 0 heterocycles. The zero-order valence-electron chi connectivity index (χ0n) is 5.77. The molecule has 0 aliphatic carbocycles. The molecule has 60 valence electrons. The number of carbonyl (C=O) groups excluding carboxylic acids is 1. The highest BCUT2D eigenvalue weighted by Crippen LogP contribution is 2.05. The maximum Gasteiger partial charge on any atom is 0.320 e. The van der Waals surface area contributed by atoms with Crippen LogP contribution in [-0.2, 0) is 9.53 Å². The van der Waals surface area contributed by atoms with Crippen LogP contribution in [0.15, 0.2) is 0 Å². The van der Waals surface area contributed by atoms with Crippen LogP contribution in [0.25, 0.3) is 0 Å². The highest BCUT2D eigenvalue weighted by Gasteiger charge is 2.13. The van der Waals surface area contributed by atoms with Crippen LogP contribution >= 0.6 is 31.9 Å². The van der Waals surface area contributed by atoms with Crippen LogP contribution in [0.3, 0.4) is 0 Å². The lowest BCUT2D eigenvalue weighted by Crippen LogP contribution is -2.18. The van der Waals surface area contributed by atoms with Crippen molar-refractivity contribution in [2.24, 2.45) is 0 Å². The molecule has 0 saturated carbocycles. The van der Waals surface area contributed by atoms with Gasteiger partial charge in [0.15, 0.2) is 0 Å². The van der Waals surface area contributed by atoms with Crippen molar-refractivity contribution in [3.05, 3.63) is 0 Å². The van der Waals surface area contributed by atoms with E-state index >= 15 is 0 Å².